The molecule has 0 aromatic heterocycles. The van der Waals surface area contributed by atoms with E-state index in [-0.39, 0.29) is 23.9 Å². The first kappa shape index (κ1) is 24.4. The van der Waals surface area contributed by atoms with Crippen LogP contribution in [-0.2, 0) is 22.4 Å². The standard InChI is InChI=1S/C28H38N4O2/c1-21(29-2)27(33)30-25(19-23-11-7-4-8-12-23)28(34)32-18-15-24-14-17-31(20-26(24)32)16-13-22-9-5-3-6-10-22/h3-12,21,24-26,29H,13-20H2,1-2H3,(H,30,33)/t21-,24+,25-,26+/m0/s1. The summed E-state index contributed by atoms with van der Waals surface area (Å²) in [4.78, 5) is 31.1. The number of hydrogen-bond donors (Lipinski definition) is 2. The maximum Gasteiger partial charge on any atom is 0.245 e. The fourth-order valence-corrected chi connectivity index (χ4v) is 5.29. The molecule has 182 valence electrons. The second kappa shape index (κ2) is 11.6. The number of benzene rings is 2. The minimum atomic E-state index is -0.552. The van der Waals surface area contributed by atoms with Crippen LogP contribution in [0.2, 0.25) is 0 Å². The van der Waals surface area contributed by atoms with Crippen LogP contribution in [-0.4, -0.2) is 73.0 Å². The molecular weight excluding hydrogens is 424 g/mol. The van der Waals surface area contributed by atoms with Crippen molar-refractivity contribution >= 4 is 11.8 Å². The minimum Gasteiger partial charge on any atom is -0.343 e. The molecular formula is C28H38N4O2. The summed E-state index contributed by atoms with van der Waals surface area (Å²) >= 11 is 0. The third-order valence-electron chi connectivity index (χ3n) is 7.51. The molecule has 34 heavy (non-hydrogen) atoms. The van der Waals surface area contributed by atoms with E-state index in [9.17, 15) is 9.59 Å². The maximum absolute atomic E-state index is 13.8. The van der Waals surface area contributed by atoms with Gasteiger partial charge in [0.2, 0.25) is 11.8 Å². The minimum absolute atomic E-state index is 0.0536. The van der Waals surface area contributed by atoms with Crippen molar-refractivity contribution in [3.05, 3.63) is 71.8 Å². The van der Waals surface area contributed by atoms with Crippen molar-refractivity contribution in [3.63, 3.8) is 0 Å². The van der Waals surface area contributed by atoms with Crippen LogP contribution >= 0.6 is 0 Å². The largest absolute Gasteiger partial charge is 0.343 e. The lowest BCUT2D eigenvalue weighted by molar-refractivity contribution is -0.138. The third kappa shape index (κ3) is 6.05. The van der Waals surface area contributed by atoms with Crippen LogP contribution in [0, 0.1) is 5.92 Å². The first-order valence-electron chi connectivity index (χ1n) is 12.6. The molecule has 2 fully saturated rings. The van der Waals surface area contributed by atoms with Gasteiger partial charge in [-0.15, -0.1) is 0 Å². The average Bonchev–Trinajstić information content (AvgIpc) is 3.30. The van der Waals surface area contributed by atoms with Gasteiger partial charge in [0.05, 0.1) is 6.04 Å². The summed E-state index contributed by atoms with van der Waals surface area (Å²) in [6, 6.07) is 19.9. The van der Waals surface area contributed by atoms with E-state index in [1.165, 1.54) is 5.56 Å². The van der Waals surface area contributed by atoms with Crippen LogP contribution in [0.5, 0.6) is 0 Å². The number of likely N-dealkylation sites (N-methyl/N-ethyl adjacent to an activating group) is 1. The van der Waals surface area contributed by atoms with Gasteiger partial charge >= 0.3 is 0 Å². The monoisotopic (exact) mass is 462 g/mol. The van der Waals surface area contributed by atoms with Crippen LogP contribution in [0.25, 0.3) is 0 Å². The van der Waals surface area contributed by atoms with E-state index in [0.717, 1.165) is 51.0 Å². The highest BCUT2D eigenvalue weighted by molar-refractivity contribution is 5.90. The van der Waals surface area contributed by atoms with Crippen molar-refractivity contribution in [1.29, 1.82) is 0 Å². The molecule has 2 N–H and O–H groups in total. The third-order valence-corrected chi connectivity index (χ3v) is 7.51. The highest BCUT2D eigenvalue weighted by Gasteiger charge is 2.42. The Morgan fingerprint density at radius 1 is 0.971 bits per heavy atom. The van der Waals surface area contributed by atoms with Crippen molar-refractivity contribution in [3.8, 4) is 0 Å². The van der Waals surface area contributed by atoms with Crippen molar-refractivity contribution in [1.82, 2.24) is 20.4 Å². The summed E-state index contributed by atoms with van der Waals surface area (Å²) in [5.74, 6) is 0.472. The Balaban J connectivity index is 1.43. The molecule has 2 aliphatic heterocycles. The summed E-state index contributed by atoms with van der Waals surface area (Å²) in [5, 5.41) is 6.02. The second-order valence-electron chi connectivity index (χ2n) is 9.73. The van der Waals surface area contributed by atoms with E-state index in [1.807, 2.05) is 37.3 Å². The van der Waals surface area contributed by atoms with Gasteiger partial charge < -0.3 is 20.4 Å². The van der Waals surface area contributed by atoms with Gasteiger partial charge in [0.1, 0.15) is 6.04 Å². The van der Waals surface area contributed by atoms with Crippen molar-refractivity contribution < 1.29 is 9.59 Å². The summed E-state index contributed by atoms with van der Waals surface area (Å²) in [6.45, 7) is 5.63. The zero-order valence-electron chi connectivity index (χ0n) is 20.5. The number of carbonyl (C=O) groups excluding carboxylic acids is 2. The van der Waals surface area contributed by atoms with Crippen LogP contribution in [0.3, 0.4) is 0 Å². The molecule has 0 saturated carbocycles. The van der Waals surface area contributed by atoms with Crippen LogP contribution < -0.4 is 10.6 Å². The lowest BCUT2D eigenvalue weighted by Gasteiger charge is -2.39. The first-order valence-corrected chi connectivity index (χ1v) is 12.6. The predicted molar refractivity (Wildman–Crippen MR) is 135 cm³/mol. The van der Waals surface area contributed by atoms with Gasteiger partial charge in [-0.2, -0.15) is 0 Å². The topological polar surface area (TPSA) is 64.7 Å². The lowest BCUT2D eigenvalue weighted by atomic mass is 9.91. The molecule has 2 aromatic rings. The number of nitrogens with zero attached hydrogens (tertiary/aromatic N) is 2. The Morgan fingerprint density at radius 2 is 1.62 bits per heavy atom. The molecule has 2 saturated heterocycles. The summed E-state index contributed by atoms with van der Waals surface area (Å²) in [6.07, 6.45) is 3.73. The van der Waals surface area contributed by atoms with Gasteiger partial charge in [-0.25, -0.2) is 0 Å². The van der Waals surface area contributed by atoms with Crippen molar-refractivity contribution in [2.75, 3.05) is 33.2 Å². The summed E-state index contributed by atoms with van der Waals surface area (Å²) < 4.78 is 0. The van der Waals surface area contributed by atoms with Crippen LogP contribution in [0.15, 0.2) is 60.7 Å². The van der Waals surface area contributed by atoms with Gasteiger partial charge in [-0.1, -0.05) is 60.7 Å². The highest BCUT2D eigenvalue weighted by Crippen LogP contribution is 2.32. The van der Waals surface area contributed by atoms with Gasteiger partial charge in [0.25, 0.3) is 0 Å². The van der Waals surface area contributed by atoms with E-state index in [4.69, 9.17) is 0 Å². The van der Waals surface area contributed by atoms with Gasteiger partial charge in [0.15, 0.2) is 0 Å². The maximum atomic E-state index is 13.8. The van der Waals surface area contributed by atoms with E-state index in [0.29, 0.717) is 12.3 Å². The smallest absolute Gasteiger partial charge is 0.245 e. The number of fused-ring (bicyclic) bond motifs is 1. The second-order valence-corrected chi connectivity index (χ2v) is 9.73. The molecule has 6 heteroatoms. The Bertz CT molecular complexity index is 936. The molecule has 0 unspecified atom stereocenters. The molecule has 4 rings (SSSR count). The summed E-state index contributed by atoms with van der Waals surface area (Å²) in [7, 11) is 1.76. The van der Waals surface area contributed by atoms with Gasteiger partial charge in [-0.3, -0.25) is 9.59 Å². The van der Waals surface area contributed by atoms with Gasteiger partial charge in [0, 0.05) is 32.1 Å². The van der Waals surface area contributed by atoms with Crippen LogP contribution in [0.4, 0.5) is 0 Å². The normalized spacial score (nSPS) is 22.1. The number of rotatable bonds is 9. The SMILES string of the molecule is CN[C@@H](C)C(=O)N[C@@H](Cc1ccccc1)C(=O)N1CC[C@H]2CCN(CCc3ccccc3)C[C@H]21. The molecule has 2 aliphatic rings. The number of likely N-dealkylation sites (tertiary alicyclic amines) is 2. The Labute approximate surface area is 203 Å². The first-order chi connectivity index (χ1) is 16.5. The molecule has 2 aromatic carbocycles. The Morgan fingerprint density at radius 3 is 2.29 bits per heavy atom. The van der Waals surface area contributed by atoms with Crippen molar-refractivity contribution in [2.24, 2.45) is 5.92 Å². The number of nitrogens with one attached hydrogen (secondary N) is 2. The zero-order chi connectivity index (χ0) is 23.9. The van der Waals surface area contributed by atoms with E-state index >= 15 is 0 Å². The molecule has 0 radical (unpaired) electrons. The Hall–Kier alpha value is -2.70. The predicted octanol–water partition coefficient (Wildman–Crippen LogP) is 2.49. The fourth-order valence-electron chi connectivity index (χ4n) is 5.29. The number of amides is 2. The molecule has 4 atom stereocenters. The van der Waals surface area contributed by atoms with Crippen LogP contribution in [0.1, 0.15) is 30.9 Å². The van der Waals surface area contributed by atoms with E-state index in [1.54, 1.807) is 7.05 Å². The number of carbonyl (C=O) groups is 2. The van der Waals surface area contributed by atoms with E-state index in [2.05, 4.69) is 50.8 Å². The molecule has 2 amide bonds. The molecule has 0 bridgehead atoms. The van der Waals surface area contributed by atoms with Gasteiger partial charge in [-0.05, 0) is 56.8 Å². The quantitative estimate of drug-likeness (QED) is 0.601. The average molecular weight is 463 g/mol. The van der Waals surface area contributed by atoms with Crippen molar-refractivity contribution in [2.45, 2.75) is 50.7 Å². The lowest BCUT2D eigenvalue weighted by Crippen LogP contribution is -2.57. The fraction of sp³-hybridized carbons (Fsp3) is 0.500. The van der Waals surface area contributed by atoms with E-state index < -0.39 is 6.04 Å². The zero-order valence-corrected chi connectivity index (χ0v) is 20.5. The summed E-state index contributed by atoms with van der Waals surface area (Å²) in [5.41, 5.74) is 2.41. The molecule has 0 aliphatic carbocycles. The molecule has 6 nitrogen and oxygen atoms in total. The highest BCUT2D eigenvalue weighted by atomic mass is 16.2. The number of piperidine rings is 1. The Kier molecular flexibility index (Phi) is 8.35. The molecule has 2 heterocycles. The molecule has 0 spiro atoms. The number of hydrogen-bond acceptors (Lipinski definition) is 4.